The van der Waals surface area contributed by atoms with Gasteiger partial charge in [-0.1, -0.05) is 94.4 Å². The van der Waals surface area contributed by atoms with Crippen molar-refractivity contribution < 1.29 is 51.9 Å². The number of ether oxygens (including phenoxy) is 8. The van der Waals surface area contributed by atoms with Gasteiger partial charge in [-0.15, -0.1) is 0 Å². The van der Waals surface area contributed by atoms with Gasteiger partial charge in [0, 0.05) is 45.1 Å². The molecule has 11 nitrogen and oxygen atoms in total. The number of carbonyl (C=O) groups excluding carboxylic acids is 2. The normalized spacial score (nSPS) is 30.1. The quantitative estimate of drug-likeness (QED) is 0.0966. The fourth-order valence-corrected chi connectivity index (χ4v) is 14.7. The first-order valence-corrected chi connectivity index (χ1v) is 26.6. The van der Waals surface area contributed by atoms with E-state index in [4.69, 9.17) is 42.3 Å². The van der Waals surface area contributed by atoms with Gasteiger partial charge in [0.1, 0.15) is 6.10 Å². The number of esters is 2. The first-order chi connectivity index (χ1) is 30.9. The Kier molecular flexibility index (Phi) is 17.0. The highest BCUT2D eigenvalue weighted by Gasteiger charge is 2.54. The minimum Gasteiger partial charge on any atom is -0.465 e. The summed E-state index contributed by atoms with van der Waals surface area (Å²) in [6.07, 6.45) is 9.05. The molecule has 2 aromatic carbocycles. The van der Waals surface area contributed by atoms with E-state index in [-0.39, 0.29) is 66.1 Å². The summed E-state index contributed by atoms with van der Waals surface area (Å²) in [7, 11) is -1.34. The van der Waals surface area contributed by atoms with Crippen molar-refractivity contribution >= 4 is 30.6 Å². The van der Waals surface area contributed by atoms with Crippen LogP contribution >= 0.6 is 0 Å². The zero-order valence-electron chi connectivity index (χ0n) is 42.4. The molecule has 6 rings (SSSR count). The molecule has 3 saturated heterocycles. The van der Waals surface area contributed by atoms with Gasteiger partial charge in [-0.05, 0) is 103 Å². The lowest BCUT2D eigenvalue weighted by atomic mass is 9.88. The van der Waals surface area contributed by atoms with E-state index in [9.17, 15) is 9.59 Å². The minimum atomic E-state index is -3.03. The largest absolute Gasteiger partial charge is 0.465 e. The van der Waals surface area contributed by atoms with Crippen LogP contribution in [0.4, 0.5) is 0 Å². The van der Waals surface area contributed by atoms with Crippen molar-refractivity contribution in [3.05, 3.63) is 72.8 Å². The molecule has 0 aliphatic carbocycles. The molecule has 0 bridgehead atoms. The number of methoxy groups -OCH3 is 1. The Labute approximate surface area is 397 Å². The van der Waals surface area contributed by atoms with Crippen molar-refractivity contribution in [3.8, 4) is 0 Å². The number of hydrogen-bond acceptors (Lipinski definition) is 11. The van der Waals surface area contributed by atoms with E-state index in [1.807, 2.05) is 67.5 Å². The lowest BCUT2D eigenvalue weighted by Gasteiger charge is -2.50. The summed E-state index contributed by atoms with van der Waals surface area (Å²) < 4.78 is 59.8. The predicted octanol–water partition coefficient (Wildman–Crippen LogP) is 9.61. The molecule has 4 heterocycles. The van der Waals surface area contributed by atoms with Crippen molar-refractivity contribution in [2.45, 2.75) is 206 Å². The van der Waals surface area contributed by atoms with E-state index in [1.54, 1.807) is 7.11 Å². The summed E-state index contributed by atoms with van der Waals surface area (Å²) in [5, 5.41) is 1.98. The van der Waals surface area contributed by atoms with E-state index < -0.39 is 42.9 Å². The van der Waals surface area contributed by atoms with E-state index in [1.165, 1.54) is 0 Å². The third-order valence-corrected chi connectivity index (χ3v) is 18.7. The molecule has 10 atom stereocenters. The fraction of sp³-hybridized carbons (Fsp3) is 0.704. The van der Waals surface area contributed by atoms with Crippen LogP contribution in [0.15, 0.2) is 72.8 Å². The van der Waals surface area contributed by atoms with Gasteiger partial charge >= 0.3 is 11.9 Å². The smallest absolute Gasteiger partial charge is 0.311 e. The second kappa shape index (κ2) is 21.4. The second-order valence-electron chi connectivity index (χ2n) is 22.8. The molecule has 4 aliphatic heterocycles. The Hall–Kier alpha value is -2.94. The van der Waals surface area contributed by atoms with Crippen LogP contribution < -0.4 is 10.4 Å². The average molecular weight is 935 g/mol. The van der Waals surface area contributed by atoms with Crippen LogP contribution in [-0.2, 0) is 51.9 Å². The number of carbonyl (C=O) groups is 2. The van der Waals surface area contributed by atoms with Crippen molar-refractivity contribution in [2.75, 3.05) is 20.3 Å². The first-order valence-electron chi connectivity index (χ1n) is 24.7. The number of benzene rings is 2. The molecule has 1 spiro atoms. The molecular formula is C54H82O11Si. The van der Waals surface area contributed by atoms with Gasteiger partial charge in [-0.2, -0.15) is 0 Å². The lowest BCUT2D eigenvalue weighted by Crippen LogP contribution is -2.68. The maximum atomic E-state index is 13.9. The van der Waals surface area contributed by atoms with Gasteiger partial charge < -0.3 is 42.3 Å². The molecule has 12 heteroatoms. The Morgan fingerprint density at radius 3 is 1.92 bits per heavy atom. The van der Waals surface area contributed by atoms with E-state index >= 15 is 0 Å². The third-order valence-electron chi connectivity index (χ3n) is 13.7. The highest BCUT2D eigenvalue weighted by molar-refractivity contribution is 6.99. The molecular weight excluding hydrogens is 853 g/mol. The average Bonchev–Trinajstić information content (AvgIpc) is 3.24. The SMILES string of the molecule is CO[C@H]1CC[C@]2(C=C[C@H](C)[C@@H](C[C@@H]3C[C@@H](C[C@@H]4CCC[C@H](CCOC(=O)C(C)(C)C)O4)OC(C)(C)O3)O2)O[C@@H]1[C@H](CO[Si](c1ccccc1)(c1ccccc1)C(C)(C)C)OC(=O)C(C)(C)C. The van der Waals surface area contributed by atoms with Crippen LogP contribution in [-0.4, -0.2) is 101 Å². The Balaban J connectivity index is 1.19. The summed E-state index contributed by atoms with van der Waals surface area (Å²) >= 11 is 0. The fourth-order valence-electron chi connectivity index (χ4n) is 10.1. The second-order valence-corrected chi connectivity index (χ2v) is 27.1. The van der Waals surface area contributed by atoms with Gasteiger partial charge in [0.15, 0.2) is 17.7 Å². The maximum Gasteiger partial charge on any atom is 0.311 e. The summed E-state index contributed by atoms with van der Waals surface area (Å²) in [6.45, 7) is 24.5. The van der Waals surface area contributed by atoms with E-state index in [0.29, 0.717) is 38.7 Å². The zero-order chi connectivity index (χ0) is 48.1. The third kappa shape index (κ3) is 13.0. The van der Waals surface area contributed by atoms with Crippen molar-refractivity contribution in [2.24, 2.45) is 16.7 Å². The van der Waals surface area contributed by atoms with Gasteiger partial charge in [0.25, 0.3) is 8.32 Å². The van der Waals surface area contributed by atoms with Gasteiger partial charge in [0.05, 0.1) is 60.7 Å². The van der Waals surface area contributed by atoms with Gasteiger partial charge in [0.2, 0.25) is 0 Å². The zero-order valence-corrected chi connectivity index (χ0v) is 43.4. The highest BCUT2D eigenvalue weighted by atomic mass is 28.4. The Bertz CT molecular complexity index is 1860. The number of rotatable bonds is 15. The van der Waals surface area contributed by atoms with Crippen LogP contribution in [0, 0.1) is 16.7 Å². The van der Waals surface area contributed by atoms with Crippen LogP contribution in [0.25, 0.3) is 0 Å². The molecule has 0 aromatic heterocycles. The molecule has 0 saturated carbocycles. The molecule has 3 fully saturated rings. The highest BCUT2D eigenvalue weighted by Crippen LogP contribution is 2.43. The monoisotopic (exact) mass is 935 g/mol. The van der Waals surface area contributed by atoms with Crippen molar-refractivity contribution in [3.63, 3.8) is 0 Å². The minimum absolute atomic E-state index is 0.0515. The molecule has 0 unspecified atom stereocenters. The summed E-state index contributed by atoms with van der Waals surface area (Å²) in [5.41, 5.74) is -1.29. The topological polar surface area (TPSA) is 117 Å². The summed E-state index contributed by atoms with van der Waals surface area (Å²) in [6, 6.07) is 21.0. The lowest BCUT2D eigenvalue weighted by molar-refractivity contribution is -0.329. The van der Waals surface area contributed by atoms with E-state index in [2.05, 4.69) is 88.4 Å². The van der Waals surface area contributed by atoms with Gasteiger partial charge in [-0.25, -0.2) is 0 Å². The molecule has 0 N–H and O–H groups in total. The summed E-state index contributed by atoms with van der Waals surface area (Å²) in [4.78, 5) is 26.3. The molecule has 66 heavy (non-hydrogen) atoms. The molecule has 0 amide bonds. The Morgan fingerprint density at radius 1 is 0.758 bits per heavy atom. The molecule has 0 radical (unpaired) electrons. The number of hydrogen-bond donors (Lipinski definition) is 0. The van der Waals surface area contributed by atoms with Crippen LogP contribution in [0.1, 0.15) is 141 Å². The van der Waals surface area contributed by atoms with Crippen LogP contribution in [0.3, 0.4) is 0 Å². The van der Waals surface area contributed by atoms with E-state index in [0.717, 1.165) is 36.1 Å². The summed E-state index contributed by atoms with van der Waals surface area (Å²) in [5.74, 6) is -2.30. The van der Waals surface area contributed by atoms with Crippen molar-refractivity contribution in [1.29, 1.82) is 0 Å². The maximum absolute atomic E-state index is 13.9. The van der Waals surface area contributed by atoms with Crippen LogP contribution in [0.2, 0.25) is 5.04 Å². The van der Waals surface area contributed by atoms with Crippen LogP contribution in [0.5, 0.6) is 0 Å². The first kappa shape index (κ1) is 52.4. The molecule has 4 aliphatic rings. The predicted molar refractivity (Wildman–Crippen MR) is 259 cm³/mol. The Morgan fingerprint density at radius 2 is 1.35 bits per heavy atom. The van der Waals surface area contributed by atoms with Gasteiger partial charge in [-0.3, -0.25) is 9.59 Å². The standard InChI is InChI=1S/C54H82O11Si/c1-37-27-30-54(64-45(37)35-41-34-40(62-53(11,12)63-41)33-39-22-20-21-38(60-39)29-32-58-48(55)50(2,3)4)31-28-44(57-13)47(65-54)46(61-49(56)51(5,6)7)36-59-66(52(8,9)10,42-23-16-14-17-24-42)43-25-18-15-19-26-43/h14-19,23-27,30,37-41,44-47H,20-22,28-29,31-36H2,1-13H3/t37-,38+,39-,40+,41-,44-,45+,46-,47-,54-/m0/s1. The van der Waals surface area contributed by atoms with Crippen molar-refractivity contribution in [1.82, 2.24) is 0 Å². The molecule has 368 valence electrons. The molecule has 2 aromatic rings.